The maximum absolute atomic E-state index is 13.0. The number of hydrogen-bond donors (Lipinski definition) is 1. The Morgan fingerprint density at radius 2 is 2.06 bits per heavy atom. The largest absolute Gasteiger partial charge is 0.327 e. The molecule has 0 spiro atoms. The Labute approximate surface area is 106 Å². The molecule has 3 atom stereocenters. The van der Waals surface area contributed by atoms with Crippen molar-refractivity contribution in [3.8, 4) is 0 Å². The molecule has 2 aliphatic carbocycles. The van der Waals surface area contributed by atoms with Gasteiger partial charge in [0, 0.05) is 6.04 Å². The summed E-state index contributed by atoms with van der Waals surface area (Å²) in [6.07, 6.45) is 4.90. The maximum Gasteiger partial charge on any atom is 0.141 e. The molecule has 3 unspecified atom stereocenters. The molecule has 1 aromatic carbocycles. The topological polar surface area (TPSA) is 26.0 Å². The van der Waals surface area contributed by atoms with E-state index in [-0.39, 0.29) is 16.9 Å². The first-order valence-electron chi connectivity index (χ1n) is 6.36. The molecule has 2 N–H and O–H groups in total. The Hall–Kier alpha value is -0.600. The van der Waals surface area contributed by atoms with Crippen LogP contribution in [0.3, 0.4) is 0 Å². The number of benzene rings is 1. The van der Waals surface area contributed by atoms with Gasteiger partial charge in [-0.25, -0.2) is 4.39 Å². The van der Waals surface area contributed by atoms with Crippen molar-refractivity contribution in [2.75, 3.05) is 0 Å². The van der Waals surface area contributed by atoms with E-state index in [1.807, 2.05) is 0 Å². The summed E-state index contributed by atoms with van der Waals surface area (Å²) in [5, 5.41) is 0.200. The van der Waals surface area contributed by atoms with Crippen molar-refractivity contribution in [1.82, 2.24) is 0 Å². The van der Waals surface area contributed by atoms with Gasteiger partial charge in [-0.2, -0.15) is 0 Å². The third-order valence-corrected chi connectivity index (χ3v) is 4.71. The van der Waals surface area contributed by atoms with Crippen LogP contribution < -0.4 is 5.73 Å². The maximum atomic E-state index is 13.0. The lowest BCUT2D eigenvalue weighted by Crippen LogP contribution is -2.27. The summed E-state index contributed by atoms with van der Waals surface area (Å²) < 4.78 is 13.0. The Bertz CT molecular complexity index is 424. The number of halogens is 2. The van der Waals surface area contributed by atoms with Gasteiger partial charge in [0.1, 0.15) is 5.82 Å². The minimum absolute atomic E-state index is 0.200. The molecule has 0 saturated heterocycles. The van der Waals surface area contributed by atoms with Crippen LogP contribution in [0.1, 0.15) is 24.8 Å². The first kappa shape index (κ1) is 11.5. The molecular formula is C14H17ClFN. The third-order valence-electron chi connectivity index (χ3n) is 4.42. The third kappa shape index (κ3) is 2.09. The first-order chi connectivity index (χ1) is 8.16. The van der Waals surface area contributed by atoms with E-state index in [4.69, 9.17) is 17.3 Å². The highest BCUT2D eigenvalue weighted by Crippen LogP contribution is 2.58. The second kappa shape index (κ2) is 4.25. The molecule has 3 heteroatoms. The van der Waals surface area contributed by atoms with E-state index in [2.05, 4.69) is 0 Å². The minimum Gasteiger partial charge on any atom is -0.327 e. The second-order valence-electron chi connectivity index (χ2n) is 5.45. The Kier molecular flexibility index (Phi) is 2.87. The lowest BCUT2D eigenvalue weighted by molar-refractivity contribution is 0.484. The highest BCUT2D eigenvalue weighted by molar-refractivity contribution is 6.30. The number of nitrogens with two attached hydrogens (primary N) is 1. The predicted octanol–water partition coefficient (Wildman–Crippen LogP) is 3.40. The van der Waals surface area contributed by atoms with Crippen LogP contribution in [0.2, 0.25) is 5.02 Å². The minimum atomic E-state index is -0.354. The van der Waals surface area contributed by atoms with Crippen LogP contribution in [0.4, 0.5) is 4.39 Å². The lowest BCUT2D eigenvalue weighted by atomic mass is 9.98. The van der Waals surface area contributed by atoms with Gasteiger partial charge in [0.25, 0.3) is 0 Å². The quantitative estimate of drug-likeness (QED) is 0.878. The van der Waals surface area contributed by atoms with Crippen molar-refractivity contribution in [3.05, 3.63) is 34.6 Å². The first-order valence-corrected chi connectivity index (χ1v) is 6.74. The zero-order valence-corrected chi connectivity index (χ0v) is 10.5. The molecule has 0 aliphatic heterocycles. The standard InChI is InChI=1S/C14H17ClFN/c15-11-6-8(4-5-12(11)16)7-13(17)14-9-2-1-3-10(9)14/h4-6,9-10,13-14H,1-3,7,17H2. The molecule has 0 bridgehead atoms. The summed E-state index contributed by atoms with van der Waals surface area (Å²) in [6.45, 7) is 0. The molecule has 2 fully saturated rings. The van der Waals surface area contributed by atoms with E-state index < -0.39 is 0 Å². The molecule has 92 valence electrons. The second-order valence-corrected chi connectivity index (χ2v) is 5.86. The van der Waals surface area contributed by atoms with E-state index >= 15 is 0 Å². The van der Waals surface area contributed by atoms with Crippen molar-refractivity contribution >= 4 is 11.6 Å². The molecule has 0 amide bonds. The molecule has 0 aromatic heterocycles. The van der Waals surface area contributed by atoms with Crippen molar-refractivity contribution in [3.63, 3.8) is 0 Å². The monoisotopic (exact) mass is 253 g/mol. The molecule has 17 heavy (non-hydrogen) atoms. The van der Waals surface area contributed by atoms with Gasteiger partial charge in [-0.1, -0.05) is 24.1 Å². The summed E-state index contributed by atoms with van der Waals surface area (Å²) >= 11 is 5.77. The van der Waals surface area contributed by atoms with Gasteiger partial charge in [-0.05, 0) is 54.7 Å². The summed E-state index contributed by atoms with van der Waals surface area (Å²) in [4.78, 5) is 0. The van der Waals surface area contributed by atoms with Crippen LogP contribution in [-0.2, 0) is 6.42 Å². The van der Waals surface area contributed by atoms with Crippen LogP contribution in [0, 0.1) is 23.6 Å². The zero-order valence-electron chi connectivity index (χ0n) is 9.70. The smallest absolute Gasteiger partial charge is 0.141 e. The molecule has 0 heterocycles. The van der Waals surface area contributed by atoms with Crippen LogP contribution in [0.25, 0.3) is 0 Å². The lowest BCUT2D eigenvalue weighted by Gasteiger charge is -2.14. The molecular weight excluding hydrogens is 237 g/mol. The number of rotatable bonds is 3. The Morgan fingerprint density at radius 3 is 2.71 bits per heavy atom. The average molecular weight is 254 g/mol. The SMILES string of the molecule is NC(Cc1ccc(F)c(Cl)c1)C1C2CCCC21. The van der Waals surface area contributed by atoms with Crippen LogP contribution >= 0.6 is 11.6 Å². The van der Waals surface area contributed by atoms with E-state index in [0.717, 1.165) is 23.8 Å². The van der Waals surface area contributed by atoms with Gasteiger partial charge in [0.05, 0.1) is 5.02 Å². The fourth-order valence-corrected chi connectivity index (χ4v) is 3.79. The molecule has 1 nitrogen and oxygen atoms in total. The van der Waals surface area contributed by atoms with Gasteiger partial charge in [-0.3, -0.25) is 0 Å². The summed E-state index contributed by atoms with van der Waals surface area (Å²) in [7, 11) is 0. The Balaban J connectivity index is 1.64. The molecule has 2 aliphatic rings. The average Bonchev–Trinajstić information content (AvgIpc) is 2.78. The van der Waals surface area contributed by atoms with E-state index in [0.29, 0.717) is 5.92 Å². The summed E-state index contributed by atoms with van der Waals surface area (Å²) in [6, 6.07) is 5.14. The van der Waals surface area contributed by atoms with Gasteiger partial charge >= 0.3 is 0 Å². The van der Waals surface area contributed by atoms with Crippen LogP contribution in [0.5, 0.6) is 0 Å². The zero-order chi connectivity index (χ0) is 12.0. The molecule has 3 rings (SSSR count). The van der Waals surface area contributed by atoms with Gasteiger partial charge in [-0.15, -0.1) is 0 Å². The van der Waals surface area contributed by atoms with Crippen molar-refractivity contribution < 1.29 is 4.39 Å². The highest BCUT2D eigenvalue weighted by Gasteiger charge is 2.54. The van der Waals surface area contributed by atoms with Gasteiger partial charge in [0.15, 0.2) is 0 Å². The van der Waals surface area contributed by atoms with E-state index in [1.165, 1.54) is 25.3 Å². The molecule has 2 saturated carbocycles. The highest BCUT2D eigenvalue weighted by atomic mass is 35.5. The van der Waals surface area contributed by atoms with Gasteiger partial charge in [0.2, 0.25) is 0 Å². The molecule has 0 radical (unpaired) electrons. The van der Waals surface area contributed by atoms with E-state index in [9.17, 15) is 4.39 Å². The normalized spacial score (nSPS) is 32.3. The number of hydrogen-bond acceptors (Lipinski definition) is 1. The van der Waals surface area contributed by atoms with E-state index in [1.54, 1.807) is 12.1 Å². The predicted molar refractivity (Wildman–Crippen MR) is 67.4 cm³/mol. The van der Waals surface area contributed by atoms with Crippen molar-refractivity contribution in [2.24, 2.45) is 23.5 Å². The molecule has 1 aromatic rings. The van der Waals surface area contributed by atoms with Crippen molar-refractivity contribution in [2.45, 2.75) is 31.7 Å². The summed E-state index contributed by atoms with van der Waals surface area (Å²) in [5.41, 5.74) is 7.30. The van der Waals surface area contributed by atoms with Crippen LogP contribution in [0.15, 0.2) is 18.2 Å². The summed E-state index contributed by atoms with van der Waals surface area (Å²) in [5.74, 6) is 2.10. The van der Waals surface area contributed by atoms with Gasteiger partial charge < -0.3 is 5.73 Å². The van der Waals surface area contributed by atoms with Crippen molar-refractivity contribution in [1.29, 1.82) is 0 Å². The fourth-order valence-electron chi connectivity index (χ4n) is 3.59. The Morgan fingerprint density at radius 1 is 1.35 bits per heavy atom. The fraction of sp³-hybridized carbons (Fsp3) is 0.571. The number of fused-ring (bicyclic) bond motifs is 1. The van der Waals surface area contributed by atoms with Crippen LogP contribution in [-0.4, -0.2) is 6.04 Å².